The van der Waals surface area contributed by atoms with Crippen LogP contribution in [0.15, 0.2) is 24.3 Å². The zero-order chi connectivity index (χ0) is 13.6. The van der Waals surface area contributed by atoms with Crippen molar-refractivity contribution in [1.82, 2.24) is 4.72 Å². The second-order valence-corrected chi connectivity index (χ2v) is 7.31. The lowest BCUT2D eigenvalue weighted by molar-refractivity contribution is 0.578. The highest BCUT2D eigenvalue weighted by atomic mass is 32.2. The van der Waals surface area contributed by atoms with Crippen LogP contribution in [0.1, 0.15) is 18.9 Å². The van der Waals surface area contributed by atoms with Gasteiger partial charge in [0, 0.05) is 17.5 Å². The van der Waals surface area contributed by atoms with Crippen LogP contribution >= 0.6 is 11.8 Å². The third-order valence-corrected chi connectivity index (χ3v) is 5.01. The van der Waals surface area contributed by atoms with Gasteiger partial charge in [-0.05, 0) is 30.4 Å². The van der Waals surface area contributed by atoms with E-state index in [1.54, 1.807) is 36.0 Å². The Morgan fingerprint density at radius 2 is 1.94 bits per heavy atom. The molecule has 0 amide bonds. The molecule has 0 saturated heterocycles. The van der Waals surface area contributed by atoms with Crippen LogP contribution in [0.5, 0.6) is 0 Å². The average molecular weight is 288 g/mol. The highest BCUT2D eigenvalue weighted by Crippen LogP contribution is 2.10. The second kappa shape index (κ2) is 7.01. The largest absolute Gasteiger partial charge is 0.399 e. The second-order valence-electron chi connectivity index (χ2n) is 4.23. The van der Waals surface area contributed by atoms with Crippen LogP contribution in [0, 0.1) is 0 Å². The lowest BCUT2D eigenvalue weighted by Gasteiger charge is -2.10. The van der Waals surface area contributed by atoms with Crippen molar-refractivity contribution in [1.29, 1.82) is 0 Å². The molecule has 4 nitrogen and oxygen atoms in total. The quantitative estimate of drug-likeness (QED) is 0.751. The van der Waals surface area contributed by atoms with Crippen LogP contribution in [-0.2, 0) is 15.8 Å². The molecule has 0 fully saturated rings. The molecule has 0 radical (unpaired) electrons. The molecule has 0 spiro atoms. The summed E-state index contributed by atoms with van der Waals surface area (Å²) in [6.07, 6.45) is 2.86. The van der Waals surface area contributed by atoms with Crippen molar-refractivity contribution in [3.8, 4) is 0 Å². The molecule has 0 aromatic heterocycles. The van der Waals surface area contributed by atoms with E-state index in [0.717, 1.165) is 12.0 Å². The summed E-state index contributed by atoms with van der Waals surface area (Å²) < 4.78 is 26.2. The standard InChI is InChI=1S/C12H20N2O2S2/c1-10(17-2)7-8-14-18(15,16)9-11-3-5-12(13)6-4-11/h3-6,10,14H,7-9,13H2,1-2H3. The first-order valence-electron chi connectivity index (χ1n) is 5.77. The normalized spacial score (nSPS) is 13.4. The van der Waals surface area contributed by atoms with E-state index in [2.05, 4.69) is 11.6 Å². The smallest absolute Gasteiger partial charge is 0.215 e. The number of hydrogen-bond acceptors (Lipinski definition) is 4. The van der Waals surface area contributed by atoms with Gasteiger partial charge in [0.25, 0.3) is 0 Å². The van der Waals surface area contributed by atoms with E-state index in [4.69, 9.17) is 5.73 Å². The maximum Gasteiger partial charge on any atom is 0.215 e. The molecule has 102 valence electrons. The molecule has 18 heavy (non-hydrogen) atoms. The minimum absolute atomic E-state index is 0.000921. The van der Waals surface area contributed by atoms with Crippen LogP contribution in [0.4, 0.5) is 5.69 Å². The highest BCUT2D eigenvalue weighted by molar-refractivity contribution is 7.99. The SMILES string of the molecule is CSC(C)CCNS(=O)(=O)Cc1ccc(N)cc1. The first kappa shape index (κ1) is 15.3. The lowest BCUT2D eigenvalue weighted by atomic mass is 10.2. The predicted molar refractivity (Wildman–Crippen MR) is 79.1 cm³/mol. The Labute approximate surface area is 113 Å². The Morgan fingerprint density at radius 3 is 2.50 bits per heavy atom. The van der Waals surface area contributed by atoms with Gasteiger partial charge in [-0.3, -0.25) is 0 Å². The number of thioether (sulfide) groups is 1. The molecule has 0 aliphatic heterocycles. The molecule has 0 saturated carbocycles. The average Bonchev–Trinajstić information content (AvgIpc) is 2.31. The summed E-state index contributed by atoms with van der Waals surface area (Å²) in [7, 11) is -3.25. The third-order valence-electron chi connectivity index (χ3n) is 2.61. The van der Waals surface area contributed by atoms with E-state index >= 15 is 0 Å². The predicted octanol–water partition coefficient (Wildman–Crippen LogP) is 1.83. The number of benzene rings is 1. The minimum Gasteiger partial charge on any atom is -0.399 e. The summed E-state index contributed by atoms with van der Waals surface area (Å²) in [6.45, 7) is 2.57. The molecule has 1 rings (SSSR count). The van der Waals surface area contributed by atoms with Gasteiger partial charge in [-0.15, -0.1) is 0 Å². The van der Waals surface area contributed by atoms with E-state index < -0.39 is 10.0 Å². The monoisotopic (exact) mass is 288 g/mol. The van der Waals surface area contributed by atoms with Crippen molar-refractivity contribution in [2.75, 3.05) is 18.5 Å². The lowest BCUT2D eigenvalue weighted by Crippen LogP contribution is -2.27. The van der Waals surface area contributed by atoms with Gasteiger partial charge >= 0.3 is 0 Å². The van der Waals surface area contributed by atoms with Gasteiger partial charge in [0.1, 0.15) is 0 Å². The Bertz CT molecular complexity index is 457. The van der Waals surface area contributed by atoms with Crippen molar-refractivity contribution < 1.29 is 8.42 Å². The fraction of sp³-hybridized carbons (Fsp3) is 0.500. The molecular formula is C12H20N2O2S2. The van der Waals surface area contributed by atoms with Crippen LogP contribution in [-0.4, -0.2) is 26.5 Å². The van der Waals surface area contributed by atoms with Gasteiger partial charge in [0.15, 0.2) is 0 Å². The van der Waals surface area contributed by atoms with E-state index in [-0.39, 0.29) is 5.75 Å². The maximum atomic E-state index is 11.8. The van der Waals surface area contributed by atoms with E-state index in [0.29, 0.717) is 17.5 Å². The van der Waals surface area contributed by atoms with Gasteiger partial charge in [0.05, 0.1) is 5.75 Å². The van der Waals surface area contributed by atoms with Crippen LogP contribution in [0.2, 0.25) is 0 Å². The first-order chi connectivity index (χ1) is 8.43. The summed E-state index contributed by atoms with van der Waals surface area (Å²) in [4.78, 5) is 0. The molecule has 0 aliphatic rings. The Morgan fingerprint density at radius 1 is 1.33 bits per heavy atom. The van der Waals surface area contributed by atoms with E-state index in [1.165, 1.54) is 0 Å². The zero-order valence-electron chi connectivity index (χ0n) is 10.7. The molecule has 1 aromatic rings. The molecule has 1 aromatic carbocycles. The molecular weight excluding hydrogens is 268 g/mol. The number of rotatable bonds is 7. The summed E-state index contributed by atoms with van der Waals surface area (Å²) in [5.74, 6) is 0.000921. The number of nitrogens with one attached hydrogen (secondary N) is 1. The third kappa shape index (κ3) is 5.75. The van der Waals surface area contributed by atoms with Crippen molar-refractivity contribution in [3.05, 3.63) is 29.8 Å². The molecule has 6 heteroatoms. The first-order valence-corrected chi connectivity index (χ1v) is 8.71. The molecule has 0 bridgehead atoms. The Hall–Kier alpha value is -0.720. The number of anilines is 1. The van der Waals surface area contributed by atoms with Crippen LogP contribution in [0.3, 0.4) is 0 Å². The summed E-state index contributed by atoms with van der Waals surface area (Å²) in [6, 6.07) is 6.89. The van der Waals surface area contributed by atoms with Gasteiger partial charge in [-0.25, -0.2) is 13.1 Å². The van der Waals surface area contributed by atoms with Crippen LogP contribution < -0.4 is 10.5 Å². The number of nitrogen functional groups attached to an aromatic ring is 1. The van der Waals surface area contributed by atoms with Gasteiger partial charge in [0.2, 0.25) is 10.0 Å². The topological polar surface area (TPSA) is 72.2 Å². The number of hydrogen-bond donors (Lipinski definition) is 2. The molecule has 1 unspecified atom stereocenters. The minimum atomic E-state index is -3.25. The maximum absolute atomic E-state index is 11.8. The van der Waals surface area contributed by atoms with Gasteiger partial charge < -0.3 is 5.73 Å². The molecule has 3 N–H and O–H groups in total. The van der Waals surface area contributed by atoms with Gasteiger partial charge in [-0.2, -0.15) is 11.8 Å². The fourth-order valence-corrected chi connectivity index (χ4v) is 2.94. The Kier molecular flexibility index (Phi) is 5.98. The van der Waals surface area contributed by atoms with Crippen molar-refractivity contribution >= 4 is 27.5 Å². The van der Waals surface area contributed by atoms with Crippen molar-refractivity contribution in [3.63, 3.8) is 0 Å². The highest BCUT2D eigenvalue weighted by Gasteiger charge is 2.11. The van der Waals surface area contributed by atoms with Crippen molar-refractivity contribution in [2.24, 2.45) is 0 Å². The number of sulfonamides is 1. The summed E-state index contributed by atoms with van der Waals surface area (Å²) in [5.41, 5.74) is 6.93. The molecule has 1 atom stereocenters. The van der Waals surface area contributed by atoms with Gasteiger partial charge in [-0.1, -0.05) is 19.1 Å². The van der Waals surface area contributed by atoms with Crippen molar-refractivity contribution in [2.45, 2.75) is 24.3 Å². The Balaban J connectivity index is 2.47. The fourth-order valence-electron chi connectivity index (χ4n) is 1.42. The molecule has 0 aliphatic carbocycles. The summed E-state index contributed by atoms with van der Waals surface area (Å²) >= 11 is 1.73. The molecule has 0 heterocycles. The zero-order valence-corrected chi connectivity index (χ0v) is 12.4. The van der Waals surface area contributed by atoms with E-state index in [9.17, 15) is 8.42 Å². The summed E-state index contributed by atoms with van der Waals surface area (Å²) in [5, 5.41) is 0.462. The van der Waals surface area contributed by atoms with Crippen LogP contribution in [0.25, 0.3) is 0 Å². The van der Waals surface area contributed by atoms with E-state index in [1.807, 2.05) is 6.26 Å². The number of nitrogens with two attached hydrogens (primary N) is 1.